The second-order valence-electron chi connectivity index (χ2n) is 2.25. The summed E-state index contributed by atoms with van der Waals surface area (Å²) in [6.07, 6.45) is 3.34. The third-order valence-electron chi connectivity index (χ3n) is 1.45. The average molecular weight is 182 g/mol. The second kappa shape index (κ2) is 4.01. The number of anilines is 1. The zero-order chi connectivity index (χ0) is 8.97. The summed E-state index contributed by atoms with van der Waals surface area (Å²) in [5.41, 5.74) is 7.07. The number of hydrogen-bond donors (Lipinski definition) is 2. The van der Waals surface area contributed by atoms with E-state index in [2.05, 4.69) is 5.16 Å². The first-order chi connectivity index (χ1) is 5.77. The summed E-state index contributed by atoms with van der Waals surface area (Å²) in [6.45, 7) is 0. The van der Waals surface area contributed by atoms with Crippen molar-refractivity contribution in [2.75, 3.05) is 12.0 Å². The maximum Gasteiger partial charge on any atom is 0.0745 e. The van der Waals surface area contributed by atoms with Gasteiger partial charge in [0.25, 0.3) is 0 Å². The van der Waals surface area contributed by atoms with Gasteiger partial charge in [0.05, 0.1) is 6.21 Å². The maximum absolute atomic E-state index is 8.35. The Bertz CT molecular complexity index is 299. The van der Waals surface area contributed by atoms with Gasteiger partial charge < -0.3 is 10.9 Å². The van der Waals surface area contributed by atoms with Gasteiger partial charge in [-0.3, -0.25) is 0 Å². The van der Waals surface area contributed by atoms with Crippen molar-refractivity contribution in [3.8, 4) is 0 Å². The van der Waals surface area contributed by atoms with Gasteiger partial charge in [-0.05, 0) is 24.5 Å². The molecule has 0 heterocycles. The number of rotatable bonds is 2. The quantitative estimate of drug-likeness (QED) is 0.241. The molecule has 0 atom stereocenters. The summed E-state index contributed by atoms with van der Waals surface area (Å²) in [6, 6.07) is 5.49. The highest BCUT2D eigenvalue weighted by atomic mass is 32.2. The fourth-order valence-corrected chi connectivity index (χ4v) is 1.47. The number of benzene rings is 1. The Labute approximate surface area is 75.3 Å². The highest BCUT2D eigenvalue weighted by Gasteiger charge is 1.98. The summed E-state index contributed by atoms with van der Waals surface area (Å²) in [5.74, 6) is 0. The molecule has 4 heteroatoms. The Hall–Kier alpha value is -1.16. The van der Waals surface area contributed by atoms with Crippen LogP contribution >= 0.6 is 11.8 Å². The van der Waals surface area contributed by atoms with Gasteiger partial charge in [0.2, 0.25) is 0 Å². The molecule has 0 aromatic heterocycles. The summed E-state index contributed by atoms with van der Waals surface area (Å²) >= 11 is 1.59. The lowest BCUT2D eigenvalue weighted by Crippen LogP contribution is -1.90. The standard InChI is InChI=1S/C8H10N2OS/c1-12-8-3-2-7(9)4-6(8)5-10-11/h2-5,11H,9H2,1H3/b10-5+. The van der Waals surface area contributed by atoms with E-state index in [4.69, 9.17) is 10.9 Å². The van der Waals surface area contributed by atoms with Gasteiger partial charge in [-0.2, -0.15) is 0 Å². The van der Waals surface area contributed by atoms with E-state index >= 15 is 0 Å². The molecule has 0 aliphatic heterocycles. The van der Waals surface area contributed by atoms with Crippen molar-refractivity contribution >= 4 is 23.7 Å². The monoisotopic (exact) mass is 182 g/mol. The molecule has 1 aromatic rings. The van der Waals surface area contributed by atoms with Crippen molar-refractivity contribution in [1.29, 1.82) is 0 Å². The van der Waals surface area contributed by atoms with Crippen molar-refractivity contribution in [1.82, 2.24) is 0 Å². The number of nitrogens with zero attached hydrogens (tertiary/aromatic N) is 1. The Balaban J connectivity index is 3.12. The summed E-state index contributed by atoms with van der Waals surface area (Å²) in [4.78, 5) is 1.04. The number of thioether (sulfide) groups is 1. The molecule has 3 N–H and O–H groups in total. The third-order valence-corrected chi connectivity index (χ3v) is 2.26. The lowest BCUT2D eigenvalue weighted by Gasteiger charge is -2.01. The Kier molecular flexibility index (Phi) is 2.99. The molecule has 1 aromatic carbocycles. The van der Waals surface area contributed by atoms with Gasteiger partial charge in [-0.25, -0.2) is 0 Å². The Morgan fingerprint density at radius 3 is 2.92 bits per heavy atom. The van der Waals surface area contributed by atoms with Crippen molar-refractivity contribution < 1.29 is 5.21 Å². The van der Waals surface area contributed by atoms with Crippen LogP contribution in [0.5, 0.6) is 0 Å². The Morgan fingerprint density at radius 2 is 2.33 bits per heavy atom. The van der Waals surface area contributed by atoms with Crippen LogP contribution in [0.1, 0.15) is 5.56 Å². The molecule has 0 aliphatic carbocycles. The third kappa shape index (κ3) is 1.92. The minimum atomic E-state index is 0.669. The molecule has 0 saturated carbocycles. The molecule has 1 rings (SSSR count). The summed E-state index contributed by atoms with van der Waals surface area (Å²) in [7, 11) is 0. The van der Waals surface area contributed by atoms with E-state index < -0.39 is 0 Å². The first-order valence-electron chi connectivity index (χ1n) is 3.39. The minimum absolute atomic E-state index is 0.669. The molecule has 0 saturated heterocycles. The molecule has 12 heavy (non-hydrogen) atoms. The van der Waals surface area contributed by atoms with Crippen LogP contribution in [0.15, 0.2) is 28.3 Å². The van der Waals surface area contributed by atoms with Crippen LogP contribution in [0.4, 0.5) is 5.69 Å². The van der Waals surface area contributed by atoms with Crippen molar-refractivity contribution in [2.24, 2.45) is 5.16 Å². The molecule has 3 nitrogen and oxygen atoms in total. The topological polar surface area (TPSA) is 58.6 Å². The van der Waals surface area contributed by atoms with E-state index in [0.717, 1.165) is 10.5 Å². The molecular formula is C8H10N2OS. The van der Waals surface area contributed by atoms with E-state index in [-0.39, 0.29) is 0 Å². The van der Waals surface area contributed by atoms with Crippen LogP contribution in [0.25, 0.3) is 0 Å². The molecule has 0 unspecified atom stereocenters. The van der Waals surface area contributed by atoms with E-state index in [1.807, 2.05) is 18.4 Å². The molecule has 0 fully saturated rings. The van der Waals surface area contributed by atoms with Crippen molar-refractivity contribution in [2.45, 2.75) is 4.90 Å². The SMILES string of the molecule is CSc1ccc(N)cc1/C=N/O. The smallest absolute Gasteiger partial charge is 0.0745 e. The fraction of sp³-hybridized carbons (Fsp3) is 0.125. The van der Waals surface area contributed by atoms with Crippen LogP contribution in [0, 0.1) is 0 Å². The lowest BCUT2D eigenvalue weighted by atomic mass is 10.2. The van der Waals surface area contributed by atoms with E-state index in [9.17, 15) is 0 Å². The number of nitrogen functional groups attached to an aromatic ring is 1. The second-order valence-corrected chi connectivity index (χ2v) is 3.09. The van der Waals surface area contributed by atoms with Crippen molar-refractivity contribution in [3.05, 3.63) is 23.8 Å². The van der Waals surface area contributed by atoms with Crippen LogP contribution in [0.2, 0.25) is 0 Å². The zero-order valence-electron chi connectivity index (χ0n) is 6.69. The molecule has 0 aliphatic rings. The van der Waals surface area contributed by atoms with Crippen LogP contribution in [0.3, 0.4) is 0 Å². The highest BCUT2D eigenvalue weighted by molar-refractivity contribution is 7.98. The number of nitrogens with two attached hydrogens (primary N) is 1. The average Bonchev–Trinajstić information content (AvgIpc) is 2.05. The Morgan fingerprint density at radius 1 is 1.58 bits per heavy atom. The van der Waals surface area contributed by atoms with Gasteiger partial charge in [0.15, 0.2) is 0 Å². The van der Waals surface area contributed by atoms with E-state index in [0.29, 0.717) is 5.69 Å². The fourth-order valence-electron chi connectivity index (χ4n) is 0.916. The van der Waals surface area contributed by atoms with Gasteiger partial charge in [0.1, 0.15) is 0 Å². The zero-order valence-corrected chi connectivity index (χ0v) is 7.51. The van der Waals surface area contributed by atoms with Gasteiger partial charge >= 0.3 is 0 Å². The molecule has 0 amide bonds. The van der Waals surface area contributed by atoms with E-state index in [1.54, 1.807) is 17.8 Å². The molecule has 0 radical (unpaired) electrons. The summed E-state index contributed by atoms with van der Waals surface area (Å²) < 4.78 is 0. The first-order valence-corrected chi connectivity index (χ1v) is 4.61. The largest absolute Gasteiger partial charge is 0.411 e. The van der Waals surface area contributed by atoms with Crippen LogP contribution in [-0.2, 0) is 0 Å². The molecular weight excluding hydrogens is 172 g/mol. The van der Waals surface area contributed by atoms with Crippen LogP contribution < -0.4 is 5.73 Å². The predicted molar refractivity (Wildman–Crippen MR) is 52.0 cm³/mol. The highest BCUT2D eigenvalue weighted by Crippen LogP contribution is 2.20. The number of hydrogen-bond acceptors (Lipinski definition) is 4. The maximum atomic E-state index is 8.35. The molecule has 0 spiro atoms. The lowest BCUT2D eigenvalue weighted by molar-refractivity contribution is 0.322. The molecule has 0 bridgehead atoms. The van der Waals surface area contributed by atoms with Crippen LogP contribution in [-0.4, -0.2) is 17.7 Å². The molecule has 64 valence electrons. The van der Waals surface area contributed by atoms with Gasteiger partial charge in [-0.1, -0.05) is 5.16 Å². The minimum Gasteiger partial charge on any atom is -0.411 e. The summed E-state index contributed by atoms with van der Waals surface area (Å²) in [5, 5.41) is 11.3. The number of oxime groups is 1. The van der Waals surface area contributed by atoms with Gasteiger partial charge in [-0.15, -0.1) is 11.8 Å². The van der Waals surface area contributed by atoms with Gasteiger partial charge in [0, 0.05) is 16.1 Å². The normalized spacial score (nSPS) is 10.8. The first kappa shape index (κ1) is 8.93. The van der Waals surface area contributed by atoms with E-state index in [1.165, 1.54) is 6.21 Å². The van der Waals surface area contributed by atoms with Crippen molar-refractivity contribution in [3.63, 3.8) is 0 Å². The predicted octanol–water partition coefficient (Wildman–Crippen LogP) is 1.80.